The molecule has 1 rings (SSSR count). The van der Waals surface area contributed by atoms with Crippen LogP contribution in [-0.4, -0.2) is 14.7 Å². The van der Waals surface area contributed by atoms with Gasteiger partial charge in [0, 0.05) is 11.3 Å². The zero-order valence-electron chi connectivity index (χ0n) is 7.22. The van der Waals surface area contributed by atoms with Crippen LogP contribution < -0.4 is 0 Å². The van der Waals surface area contributed by atoms with Crippen LogP contribution in [0.15, 0.2) is 12.1 Å². The lowest BCUT2D eigenvalue weighted by Crippen LogP contribution is -2.02. The molecule has 0 aromatic heterocycles. The SMILES string of the molecule is CS(=O)(=O)Cc1cc(F)c(F)cc1Cl. The highest BCUT2D eigenvalue weighted by molar-refractivity contribution is 7.89. The number of sulfone groups is 1. The summed E-state index contributed by atoms with van der Waals surface area (Å²) < 4.78 is 47.0. The molecule has 0 saturated carbocycles. The van der Waals surface area contributed by atoms with E-state index in [1.165, 1.54) is 0 Å². The van der Waals surface area contributed by atoms with Crippen molar-refractivity contribution < 1.29 is 17.2 Å². The molecule has 2 nitrogen and oxygen atoms in total. The highest BCUT2D eigenvalue weighted by Gasteiger charge is 2.12. The number of halogens is 3. The minimum absolute atomic E-state index is 0.0630. The highest BCUT2D eigenvalue weighted by Crippen LogP contribution is 2.21. The third-order valence-electron chi connectivity index (χ3n) is 1.51. The maximum atomic E-state index is 12.7. The highest BCUT2D eigenvalue weighted by atomic mass is 35.5. The molecular weight excluding hydrogens is 234 g/mol. The second kappa shape index (κ2) is 3.82. The lowest BCUT2D eigenvalue weighted by molar-refractivity contribution is 0.507. The summed E-state index contributed by atoms with van der Waals surface area (Å²) in [4.78, 5) is 0. The van der Waals surface area contributed by atoms with Crippen LogP contribution in [0.2, 0.25) is 5.02 Å². The molecule has 0 aliphatic heterocycles. The van der Waals surface area contributed by atoms with Crippen molar-refractivity contribution in [2.75, 3.05) is 6.26 Å². The molecule has 0 spiro atoms. The fourth-order valence-corrected chi connectivity index (χ4v) is 2.06. The van der Waals surface area contributed by atoms with Crippen LogP contribution >= 0.6 is 11.6 Å². The van der Waals surface area contributed by atoms with E-state index in [9.17, 15) is 17.2 Å². The van der Waals surface area contributed by atoms with Gasteiger partial charge in [-0.15, -0.1) is 0 Å². The normalized spacial score (nSPS) is 11.7. The summed E-state index contributed by atoms with van der Waals surface area (Å²) >= 11 is 5.54. The van der Waals surface area contributed by atoms with Gasteiger partial charge in [0.25, 0.3) is 0 Å². The number of hydrogen-bond donors (Lipinski definition) is 0. The van der Waals surface area contributed by atoms with E-state index in [2.05, 4.69) is 0 Å². The topological polar surface area (TPSA) is 34.1 Å². The molecule has 0 aliphatic carbocycles. The quantitative estimate of drug-likeness (QED) is 0.743. The molecule has 78 valence electrons. The fourth-order valence-electron chi connectivity index (χ4n) is 0.957. The van der Waals surface area contributed by atoms with Gasteiger partial charge in [-0.25, -0.2) is 17.2 Å². The van der Waals surface area contributed by atoms with Crippen molar-refractivity contribution in [2.24, 2.45) is 0 Å². The molecule has 1 aromatic rings. The number of hydrogen-bond acceptors (Lipinski definition) is 2. The number of benzene rings is 1. The largest absolute Gasteiger partial charge is 0.229 e. The van der Waals surface area contributed by atoms with Crippen LogP contribution in [0.4, 0.5) is 8.78 Å². The van der Waals surface area contributed by atoms with Crippen molar-refractivity contribution in [2.45, 2.75) is 5.75 Å². The summed E-state index contributed by atoms with van der Waals surface area (Å²) in [7, 11) is -3.30. The molecule has 0 heterocycles. The van der Waals surface area contributed by atoms with Crippen molar-refractivity contribution in [3.63, 3.8) is 0 Å². The first-order chi connectivity index (χ1) is 6.29. The van der Waals surface area contributed by atoms with Crippen molar-refractivity contribution in [1.82, 2.24) is 0 Å². The van der Waals surface area contributed by atoms with Gasteiger partial charge in [-0.1, -0.05) is 11.6 Å². The molecule has 6 heteroatoms. The second-order valence-corrected chi connectivity index (χ2v) is 5.48. The summed E-state index contributed by atoms with van der Waals surface area (Å²) in [6.07, 6.45) is 0.991. The van der Waals surface area contributed by atoms with E-state index in [4.69, 9.17) is 11.6 Å². The zero-order chi connectivity index (χ0) is 10.9. The Morgan fingerprint density at radius 1 is 1.29 bits per heavy atom. The van der Waals surface area contributed by atoms with E-state index in [1.807, 2.05) is 0 Å². The predicted molar refractivity (Wildman–Crippen MR) is 49.9 cm³/mol. The maximum Gasteiger partial charge on any atom is 0.160 e. The van der Waals surface area contributed by atoms with Gasteiger partial charge in [-0.3, -0.25) is 0 Å². The smallest absolute Gasteiger partial charge is 0.160 e. The first-order valence-electron chi connectivity index (χ1n) is 3.61. The van der Waals surface area contributed by atoms with Crippen LogP contribution in [0, 0.1) is 11.6 Å². The maximum absolute atomic E-state index is 12.7. The molecule has 0 atom stereocenters. The summed E-state index contributed by atoms with van der Waals surface area (Å²) in [6, 6.07) is 1.55. The van der Waals surface area contributed by atoms with Crippen molar-refractivity contribution in [1.29, 1.82) is 0 Å². The van der Waals surface area contributed by atoms with Gasteiger partial charge in [0.1, 0.15) is 0 Å². The molecule has 0 saturated heterocycles. The molecule has 0 N–H and O–H groups in total. The molecule has 0 aliphatic rings. The monoisotopic (exact) mass is 240 g/mol. The van der Waals surface area contributed by atoms with Gasteiger partial charge in [0.05, 0.1) is 5.75 Å². The Kier molecular flexibility index (Phi) is 3.11. The van der Waals surface area contributed by atoms with Crippen molar-refractivity contribution in [3.8, 4) is 0 Å². The average Bonchev–Trinajstić information content (AvgIpc) is 1.97. The van der Waals surface area contributed by atoms with Gasteiger partial charge in [0.15, 0.2) is 21.5 Å². The molecular formula is C8H7ClF2O2S. The van der Waals surface area contributed by atoms with Crippen LogP contribution in [0.3, 0.4) is 0 Å². The third-order valence-corrected chi connectivity index (χ3v) is 2.69. The molecule has 14 heavy (non-hydrogen) atoms. The van der Waals surface area contributed by atoms with E-state index in [1.54, 1.807) is 0 Å². The summed E-state index contributed by atoms with van der Waals surface area (Å²) in [5, 5.41) is -0.0886. The van der Waals surface area contributed by atoms with Gasteiger partial charge in [-0.05, 0) is 17.7 Å². The van der Waals surface area contributed by atoms with Gasteiger partial charge >= 0.3 is 0 Å². The molecule has 0 fully saturated rings. The van der Waals surface area contributed by atoms with Crippen LogP contribution in [0.25, 0.3) is 0 Å². The number of rotatable bonds is 2. The minimum Gasteiger partial charge on any atom is -0.229 e. The van der Waals surface area contributed by atoms with E-state index in [0.717, 1.165) is 18.4 Å². The van der Waals surface area contributed by atoms with Gasteiger partial charge < -0.3 is 0 Å². The third kappa shape index (κ3) is 2.92. The fraction of sp³-hybridized carbons (Fsp3) is 0.250. The molecule has 0 unspecified atom stereocenters. The Hall–Kier alpha value is -0.680. The lowest BCUT2D eigenvalue weighted by Gasteiger charge is -2.03. The molecule has 0 bridgehead atoms. The standard InChI is InChI=1S/C8H7ClF2O2S/c1-14(12,13)4-5-2-7(10)8(11)3-6(5)9/h2-3H,4H2,1H3. The first kappa shape index (κ1) is 11.4. The molecule has 0 radical (unpaired) electrons. The van der Waals surface area contributed by atoms with E-state index >= 15 is 0 Å². The van der Waals surface area contributed by atoms with E-state index < -0.39 is 27.2 Å². The Labute approximate surface area is 85.4 Å². The predicted octanol–water partition coefficient (Wildman–Crippen LogP) is 2.16. The Morgan fingerprint density at radius 2 is 1.79 bits per heavy atom. The van der Waals surface area contributed by atoms with E-state index in [-0.39, 0.29) is 10.6 Å². The average molecular weight is 241 g/mol. The van der Waals surface area contributed by atoms with Crippen LogP contribution in [-0.2, 0) is 15.6 Å². The Balaban J connectivity index is 3.17. The van der Waals surface area contributed by atoms with E-state index in [0.29, 0.717) is 0 Å². The summed E-state index contributed by atoms with van der Waals surface area (Å²) in [5.74, 6) is -2.59. The van der Waals surface area contributed by atoms with Crippen molar-refractivity contribution >= 4 is 21.4 Å². The second-order valence-electron chi connectivity index (χ2n) is 2.93. The molecule has 1 aromatic carbocycles. The van der Waals surface area contributed by atoms with Crippen LogP contribution in [0.5, 0.6) is 0 Å². The summed E-state index contributed by atoms with van der Waals surface area (Å²) in [6.45, 7) is 0. The van der Waals surface area contributed by atoms with Gasteiger partial charge in [0.2, 0.25) is 0 Å². The minimum atomic E-state index is -3.30. The van der Waals surface area contributed by atoms with Crippen LogP contribution in [0.1, 0.15) is 5.56 Å². The lowest BCUT2D eigenvalue weighted by atomic mass is 10.2. The Morgan fingerprint density at radius 3 is 2.29 bits per heavy atom. The molecule has 0 amide bonds. The Bertz CT molecular complexity index is 457. The van der Waals surface area contributed by atoms with Gasteiger partial charge in [-0.2, -0.15) is 0 Å². The van der Waals surface area contributed by atoms with Crippen molar-refractivity contribution in [3.05, 3.63) is 34.4 Å². The summed E-state index contributed by atoms with van der Waals surface area (Å²) in [5.41, 5.74) is 0.0630. The first-order valence-corrected chi connectivity index (χ1v) is 6.04. The zero-order valence-corrected chi connectivity index (χ0v) is 8.79.